The van der Waals surface area contributed by atoms with Crippen LogP contribution in [0.5, 0.6) is 0 Å². The van der Waals surface area contributed by atoms with Crippen molar-refractivity contribution in [1.29, 1.82) is 0 Å². The molecular formula is C15H20ClN3. The second-order valence-corrected chi connectivity index (χ2v) is 5.19. The molecule has 3 nitrogen and oxygen atoms in total. The van der Waals surface area contributed by atoms with Gasteiger partial charge in [-0.05, 0) is 37.1 Å². The molecule has 0 aliphatic heterocycles. The van der Waals surface area contributed by atoms with Gasteiger partial charge in [-0.1, -0.05) is 30.7 Å². The second-order valence-electron chi connectivity index (χ2n) is 4.76. The van der Waals surface area contributed by atoms with Crippen LogP contribution in [0.4, 0.5) is 0 Å². The Hall–Kier alpha value is -1.32. The van der Waals surface area contributed by atoms with E-state index in [4.69, 9.17) is 11.6 Å². The summed E-state index contributed by atoms with van der Waals surface area (Å²) in [5, 5.41) is 8.73. The Bertz CT molecular complexity index is 531. The number of aromatic nitrogens is 2. The first-order chi connectivity index (χ1) is 9.10. The lowest BCUT2D eigenvalue weighted by Crippen LogP contribution is -2.19. The summed E-state index contributed by atoms with van der Waals surface area (Å²) in [5.74, 6) is 0. The minimum atomic E-state index is 0.289. The van der Waals surface area contributed by atoms with Crippen LogP contribution in [0.25, 0.3) is 0 Å². The maximum Gasteiger partial charge on any atom is 0.0625 e. The number of hydrogen-bond acceptors (Lipinski definition) is 2. The largest absolute Gasteiger partial charge is 0.305 e. The van der Waals surface area contributed by atoms with Gasteiger partial charge in [0.15, 0.2) is 0 Å². The zero-order valence-electron chi connectivity index (χ0n) is 11.7. The molecule has 1 heterocycles. The zero-order chi connectivity index (χ0) is 13.8. The Kier molecular flexibility index (Phi) is 4.61. The Balaban J connectivity index is 1.97. The topological polar surface area (TPSA) is 29.9 Å². The van der Waals surface area contributed by atoms with Crippen molar-refractivity contribution >= 4 is 11.6 Å². The summed E-state index contributed by atoms with van der Waals surface area (Å²) in [5.41, 5.74) is 3.58. The predicted octanol–water partition coefficient (Wildman–Crippen LogP) is 3.49. The first-order valence-corrected chi connectivity index (χ1v) is 6.98. The van der Waals surface area contributed by atoms with Gasteiger partial charge in [-0.2, -0.15) is 5.10 Å². The molecule has 2 aromatic rings. The molecular weight excluding hydrogens is 258 g/mol. The van der Waals surface area contributed by atoms with Crippen molar-refractivity contribution in [2.45, 2.75) is 32.9 Å². The number of halogens is 1. The third-order valence-electron chi connectivity index (χ3n) is 3.35. The highest BCUT2D eigenvalue weighted by molar-refractivity contribution is 6.30. The van der Waals surface area contributed by atoms with Gasteiger partial charge in [0, 0.05) is 24.7 Å². The molecule has 0 aliphatic rings. The van der Waals surface area contributed by atoms with Crippen LogP contribution in [0.15, 0.2) is 30.3 Å². The van der Waals surface area contributed by atoms with Crippen LogP contribution in [0, 0.1) is 0 Å². The summed E-state index contributed by atoms with van der Waals surface area (Å²) in [4.78, 5) is 0. The molecule has 0 spiro atoms. The normalized spacial score (nSPS) is 12.6. The lowest BCUT2D eigenvalue weighted by atomic mass is 10.1. The monoisotopic (exact) mass is 277 g/mol. The van der Waals surface area contributed by atoms with E-state index >= 15 is 0 Å². The zero-order valence-corrected chi connectivity index (χ0v) is 12.4. The number of nitrogens with zero attached hydrogens (tertiary/aromatic N) is 2. The van der Waals surface area contributed by atoms with Gasteiger partial charge in [0.2, 0.25) is 0 Å². The van der Waals surface area contributed by atoms with E-state index in [9.17, 15) is 0 Å². The molecule has 102 valence electrons. The highest BCUT2D eigenvalue weighted by Gasteiger charge is 2.07. The molecule has 0 unspecified atom stereocenters. The molecule has 0 saturated heterocycles. The van der Waals surface area contributed by atoms with Crippen LogP contribution in [0.3, 0.4) is 0 Å². The van der Waals surface area contributed by atoms with E-state index in [0.29, 0.717) is 0 Å². The fourth-order valence-corrected chi connectivity index (χ4v) is 2.16. The minimum Gasteiger partial charge on any atom is -0.305 e. The summed E-state index contributed by atoms with van der Waals surface area (Å²) in [6, 6.07) is 10.4. The Morgan fingerprint density at radius 1 is 1.32 bits per heavy atom. The van der Waals surface area contributed by atoms with Crippen LogP contribution in [-0.4, -0.2) is 9.78 Å². The van der Waals surface area contributed by atoms with Gasteiger partial charge in [-0.25, -0.2) is 0 Å². The van der Waals surface area contributed by atoms with Crippen molar-refractivity contribution in [3.8, 4) is 0 Å². The summed E-state index contributed by atoms with van der Waals surface area (Å²) < 4.78 is 1.94. The summed E-state index contributed by atoms with van der Waals surface area (Å²) in [6.07, 6.45) is 0.973. The van der Waals surface area contributed by atoms with Crippen molar-refractivity contribution in [2.75, 3.05) is 0 Å². The molecule has 0 saturated carbocycles. The maximum absolute atomic E-state index is 5.90. The van der Waals surface area contributed by atoms with E-state index in [0.717, 1.165) is 23.7 Å². The van der Waals surface area contributed by atoms with E-state index in [-0.39, 0.29) is 6.04 Å². The third kappa shape index (κ3) is 3.58. The Labute approximate surface area is 119 Å². The molecule has 0 aliphatic carbocycles. The first kappa shape index (κ1) is 14.1. The van der Waals surface area contributed by atoms with Gasteiger partial charge in [0.25, 0.3) is 0 Å². The first-order valence-electron chi connectivity index (χ1n) is 6.60. The van der Waals surface area contributed by atoms with Crippen molar-refractivity contribution in [3.05, 3.63) is 52.3 Å². The lowest BCUT2D eigenvalue weighted by molar-refractivity contribution is 0.548. The molecule has 1 N–H and O–H groups in total. The number of hydrogen-bond donors (Lipinski definition) is 1. The summed E-state index contributed by atoms with van der Waals surface area (Å²) in [6.45, 7) is 5.09. The van der Waals surface area contributed by atoms with Crippen molar-refractivity contribution < 1.29 is 0 Å². The highest BCUT2D eigenvalue weighted by Crippen LogP contribution is 2.16. The molecule has 0 fully saturated rings. The standard InChI is InChI=1S/C15H20ClN3/c1-4-14-9-15(19(3)18-14)10-17-11(2)12-5-7-13(16)8-6-12/h5-9,11,17H,4,10H2,1-3H3/t11-/m1/s1. The van der Waals surface area contributed by atoms with Gasteiger partial charge in [-0.3, -0.25) is 4.68 Å². The van der Waals surface area contributed by atoms with Crippen molar-refractivity contribution in [1.82, 2.24) is 15.1 Å². The molecule has 1 aromatic carbocycles. The fraction of sp³-hybridized carbons (Fsp3) is 0.400. The van der Waals surface area contributed by atoms with Crippen LogP contribution in [-0.2, 0) is 20.0 Å². The second kappa shape index (κ2) is 6.22. The number of aryl methyl sites for hydroxylation is 2. The maximum atomic E-state index is 5.90. The van der Waals surface area contributed by atoms with Gasteiger partial charge in [0.1, 0.15) is 0 Å². The van der Waals surface area contributed by atoms with Crippen LogP contribution in [0.2, 0.25) is 5.02 Å². The van der Waals surface area contributed by atoms with Crippen LogP contribution < -0.4 is 5.32 Å². The summed E-state index contributed by atoms with van der Waals surface area (Å²) >= 11 is 5.90. The van der Waals surface area contributed by atoms with E-state index in [1.54, 1.807) is 0 Å². The van der Waals surface area contributed by atoms with E-state index < -0.39 is 0 Å². The highest BCUT2D eigenvalue weighted by atomic mass is 35.5. The van der Waals surface area contributed by atoms with E-state index in [1.165, 1.54) is 11.3 Å². The molecule has 0 amide bonds. The molecule has 1 aromatic heterocycles. The SMILES string of the molecule is CCc1cc(CN[C@H](C)c2ccc(Cl)cc2)n(C)n1. The Morgan fingerprint density at radius 2 is 2.00 bits per heavy atom. The van der Waals surface area contributed by atoms with E-state index in [1.807, 2.05) is 23.9 Å². The lowest BCUT2D eigenvalue weighted by Gasteiger charge is -2.14. The molecule has 19 heavy (non-hydrogen) atoms. The van der Waals surface area contributed by atoms with Crippen molar-refractivity contribution in [3.63, 3.8) is 0 Å². The Morgan fingerprint density at radius 3 is 2.58 bits per heavy atom. The smallest absolute Gasteiger partial charge is 0.0625 e. The summed E-state index contributed by atoms with van der Waals surface area (Å²) in [7, 11) is 1.99. The molecule has 0 radical (unpaired) electrons. The van der Waals surface area contributed by atoms with E-state index in [2.05, 4.69) is 42.5 Å². The molecule has 4 heteroatoms. The van der Waals surface area contributed by atoms with Gasteiger partial charge >= 0.3 is 0 Å². The van der Waals surface area contributed by atoms with Gasteiger partial charge < -0.3 is 5.32 Å². The van der Waals surface area contributed by atoms with Crippen LogP contribution >= 0.6 is 11.6 Å². The quantitative estimate of drug-likeness (QED) is 0.907. The van der Waals surface area contributed by atoms with Gasteiger partial charge in [-0.15, -0.1) is 0 Å². The average Bonchev–Trinajstić information content (AvgIpc) is 2.77. The fourth-order valence-electron chi connectivity index (χ4n) is 2.04. The minimum absolute atomic E-state index is 0.289. The molecule has 1 atom stereocenters. The number of benzene rings is 1. The molecule has 0 bridgehead atoms. The molecule has 2 rings (SSSR count). The van der Waals surface area contributed by atoms with Crippen molar-refractivity contribution in [2.24, 2.45) is 7.05 Å². The number of rotatable bonds is 5. The average molecular weight is 278 g/mol. The predicted molar refractivity (Wildman–Crippen MR) is 79.3 cm³/mol. The van der Waals surface area contributed by atoms with Gasteiger partial charge in [0.05, 0.1) is 11.4 Å². The van der Waals surface area contributed by atoms with Crippen LogP contribution in [0.1, 0.15) is 36.8 Å². The third-order valence-corrected chi connectivity index (χ3v) is 3.60. The number of nitrogens with one attached hydrogen (secondary N) is 1.